The Balaban J connectivity index is 0.000000237. The Morgan fingerprint density at radius 2 is 0.676 bits per heavy atom. The van der Waals surface area contributed by atoms with E-state index in [0.717, 1.165) is 23.2 Å². The molecule has 0 spiro atoms. The summed E-state index contributed by atoms with van der Waals surface area (Å²) in [5.41, 5.74) is 9.67. The van der Waals surface area contributed by atoms with Gasteiger partial charge >= 0.3 is 0 Å². The fraction of sp³-hybridized carbons (Fsp3) is 0.250. The van der Waals surface area contributed by atoms with Gasteiger partial charge in [0.05, 0.1) is 0 Å². The minimum absolute atomic E-state index is 0.561. The lowest BCUT2D eigenvalue weighted by Crippen LogP contribution is -2.10. The zero-order valence-corrected chi connectivity index (χ0v) is 24.4. The van der Waals surface area contributed by atoms with Crippen molar-refractivity contribution in [3.8, 4) is 22.3 Å². The van der Waals surface area contributed by atoms with Crippen LogP contribution in [-0.4, -0.2) is 33.1 Å². The van der Waals surface area contributed by atoms with Crippen molar-refractivity contribution in [3.63, 3.8) is 0 Å². The van der Waals surface area contributed by atoms with Crippen molar-refractivity contribution in [1.29, 1.82) is 0 Å². The van der Waals surface area contributed by atoms with Gasteiger partial charge in [0, 0.05) is 24.2 Å². The van der Waals surface area contributed by atoms with Crippen LogP contribution in [0.1, 0.15) is 22.3 Å². The maximum atomic E-state index is 5.79. The summed E-state index contributed by atoms with van der Waals surface area (Å²) in [6.45, 7) is 0.978. The van der Waals surface area contributed by atoms with Crippen molar-refractivity contribution in [2.75, 3.05) is 28.2 Å². The normalized spacial score (nSPS) is 10.3. The van der Waals surface area contributed by atoms with Crippen LogP contribution in [-0.2, 0) is 24.2 Å². The van der Waals surface area contributed by atoms with E-state index in [0.29, 0.717) is 17.6 Å². The molecule has 5 heteroatoms. The van der Waals surface area contributed by atoms with Crippen molar-refractivity contribution in [3.05, 3.63) is 119 Å². The average molecular weight is 556 g/mol. The van der Waals surface area contributed by atoms with E-state index >= 15 is 0 Å². The van der Waals surface area contributed by atoms with Crippen LogP contribution in [0.3, 0.4) is 0 Å². The average Bonchev–Trinajstić information content (AvgIpc) is 2.94. The smallest absolute Gasteiger partial charge is 0.0474 e. The van der Waals surface area contributed by atoms with Crippen LogP contribution in [0.4, 0.5) is 0 Å². The van der Waals surface area contributed by atoms with Gasteiger partial charge in [-0.3, -0.25) is 0 Å². The highest BCUT2D eigenvalue weighted by atomic mass is 35.5. The number of hydrogen-bond acceptors (Lipinski definition) is 2. The quantitative estimate of drug-likeness (QED) is 0.229. The van der Waals surface area contributed by atoms with E-state index in [4.69, 9.17) is 34.8 Å². The minimum Gasteiger partial charge on any atom is -0.323 e. The van der Waals surface area contributed by atoms with Gasteiger partial charge in [0.2, 0.25) is 0 Å². The first-order valence-corrected chi connectivity index (χ1v) is 13.8. The number of benzene rings is 4. The fourth-order valence-corrected chi connectivity index (χ4v) is 4.06. The number of nitrogens with zero attached hydrogens (tertiary/aromatic N) is 1. The molecule has 0 radical (unpaired) electrons. The lowest BCUT2D eigenvalue weighted by atomic mass is 10.0. The summed E-state index contributed by atoms with van der Waals surface area (Å²) in [6.07, 6.45) is 0. The van der Waals surface area contributed by atoms with Crippen molar-refractivity contribution in [2.45, 2.75) is 24.2 Å². The number of rotatable bonds is 7. The van der Waals surface area contributed by atoms with Gasteiger partial charge in [0.15, 0.2) is 0 Å². The molecule has 0 atom stereocenters. The Morgan fingerprint density at radius 3 is 0.865 bits per heavy atom. The Morgan fingerprint density at radius 1 is 0.459 bits per heavy atom. The molecule has 0 aliphatic rings. The fourth-order valence-electron chi connectivity index (χ4n) is 3.53. The maximum Gasteiger partial charge on any atom is 0.0474 e. The Hall–Kier alpha value is -2.33. The summed E-state index contributed by atoms with van der Waals surface area (Å²) in [5.74, 6) is 1.69. The predicted octanol–water partition coefficient (Wildman–Crippen LogP) is 8.82. The Kier molecular flexibility index (Phi) is 14.4. The third-order valence-corrected chi connectivity index (χ3v) is 6.37. The molecule has 37 heavy (non-hydrogen) atoms. The Labute approximate surface area is 238 Å². The minimum atomic E-state index is 0.561. The van der Waals surface area contributed by atoms with E-state index in [1.165, 1.54) is 27.8 Å². The molecule has 1 N–H and O–H groups in total. The molecule has 0 saturated carbocycles. The molecule has 0 unspecified atom stereocenters. The van der Waals surface area contributed by atoms with Gasteiger partial charge in [0.25, 0.3) is 0 Å². The van der Waals surface area contributed by atoms with Gasteiger partial charge in [-0.25, -0.2) is 0 Å². The van der Waals surface area contributed by atoms with Crippen LogP contribution in [0.15, 0.2) is 97.1 Å². The summed E-state index contributed by atoms with van der Waals surface area (Å²) in [5, 5.41) is 2.75. The van der Waals surface area contributed by atoms with Gasteiger partial charge < -0.3 is 10.2 Å². The standard InChI is InChI=1S/C16H18ClN.C14H12Cl2.C2H7N/c1-18(2)12-14-5-9-16(10-6-14)15-7-3-13(11-17)4-8-15;15-9-11-1-5-13(6-2-11)14-7-3-12(10-16)4-8-14;1-3-2/h3-10H,11-12H2,1-2H3;1-8H,9-10H2;3H,1-2H3. The lowest BCUT2D eigenvalue weighted by Gasteiger charge is -2.10. The van der Waals surface area contributed by atoms with Crippen LogP contribution in [0.5, 0.6) is 0 Å². The molecule has 0 aliphatic heterocycles. The van der Waals surface area contributed by atoms with E-state index in [9.17, 15) is 0 Å². The number of alkyl halides is 3. The van der Waals surface area contributed by atoms with Crippen molar-refractivity contribution >= 4 is 34.8 Å². The number of nitrogens with one attached hydrogen (secondary N) is 1. The second-order valence-corrected chi connectivity index (χ2v) is 9.73. The molecular weight excluding hydrogens is 519 g/mol. The molecule has 2 nitrogen and oxygen atoms in total. The third kappa shape index (κ3) is 10.9. The zero-order chi connectivity index (χ0) is 27.0. The second kappa shape index (κ2) is 17.2. The first-order valence-electron chi connectivity index (χ1n) is 12.2. The van der Waals surface area contributed by atoms with Crippen LogP contribution in [0.2, 0.25) is 0 Å². The zero-order valence-electron chi connectivity index (χ0n) is 22.1. The predicted molar refractivity (Wildman–Crippen MR) is 165 cm³/mol. The topological polar surface area (TPSA) is 15.3 Å². The van der Waals surface area contributed by atoms with Crippen molar-refractivity contribution in [2.24, 2.45) is 0 Å². The van der Waals surface area contributed by atoms with Crippen LogP contribution < -0.4 is 5.32 Å². The van der Waals surface area contributed by atoms with Crippen molar-refractivity contribution in [1.82, 2.24) is 10.2 Å². The largest absolute Gasteiger partial charge is 0.323 e. The highest BCUT2D eigenvalue weighted by molar-refractivity contribution is 6.17. The molecular formula is C32H37Cl3N2. The van der Waals surface area contributed by atoms with E-state index in [2.05, 4.69) is 121 Å². The Bertz CT molecular complexity index is 1090. The lowest BCUT2D eigenvalue weighted by molar-refractivity contribution is 0.402. The van der Waals surface area contributed by atoms with Gasteiger partial charge in [0.1, 0.15) is 0 Å². The van der Waals surface area contributed by atoms with E-state index in [1.54, 1.807) is 0 Å². The van der Waals surface area contributed by atoms with Crippen LogP contribution >= 0.6 is 34.8 Å². The van der Waals surface area contributed by atoms with Gasteiger partial charge in [-0.1, -0.05) is 97.1 Å². The monoisotopic (exact) mass is 554 g/mol. The number of halogens is 3. The van der Waals surface area contributed by atoms with Gasteiger partial charge in [-0.05, 0) is 72.7 Å². The van der Waals surface area contributed by atoms with Crippen molar-refractivity contribution < 1.29 is 0 Å². The highest BCUT2D eigenvalue weighted by Crippen LogP contribution is 2.22. The van der Waals surface area contributed by atoms with E-state index < -0.39 is 0 Å². The number of hydrogen-bond donors (Lipinski definition) is 1. The first kappa shape index (κ1) is 30.9. The second-order valence-electron chi connectivity index (χ2n) is 8.93. The molecule has 0 aromatic heterocycles. The maximum absolute atomic E-state index is 5.79. The SMILES string of the molecule is CN(C)Cc1ccc(-c2ccc(CCl)cc2)cc1.CNC.ClCc1ccc(-c2ccc(CCl)cc2)cc1. The molecule has 0 heterocycles. The molecule has 0 saturated heterocycles. The van der Waals surface area contributed by atoms with E-state index in [-0.39, 0.29) is 0 Å². The molecule has 0 fully saturated rings. The molecule has 4 aromatic rings. The summed E-state index contributed by atoms with van der Waals surface area (Å²) in [7, 11) is 7.91. The molecule has 0 bridgehead atoms. The van der Waals surface area contributed by atoms with Crippen LogP contribution in [0, 0.1) is 0 Å². The highest BCUT2D eigenvalue weighted by Gasteiger charge is 2.00. The molecule has 0 aliphatic carbocycles. The summed E-state index contributed by atoms with van der Waals surface area (Å²) in [4.78, 5) is 2.17. The van der Waals surface area contributed by atoms with E-state index in [1.807, 2.05) is 14.1 Å². The molecule has 4 rings (SSSR count). The summed E-state index contributed by atoms with van der Waals surface area (Å²) >= 11 is 17.3. The van der Waals surface area contributed by atoms with Gasteiger partial charge in [-0.15, -0.1) is 34.8 Å². The van der Waals surface area contributed by atoms with Gasteiger partial charge in [-0.2, -0.15) is 0 Å². The third-order valence-electron chi connectivity index (χ3n) is 5.44. The molecule has 196 valence electrons. The van der Waals surface area contributed by atoms with Crippen LogP contribution in [0.25, 0.3) is 22.3 Å². The summed E-state index contributed by atoms with van der Waals surface area (Å²) < 4.78 is 0. The summed E-state index contributed by atoms with van der Waals surface area (Å²) in [6, 6.07) is 33.7. The molecule has 0 amide bonds. The first-order chi connectivity index (χ1) is 17.9. The molecule has 4 aromatic carbocycles.